The predicted molar refractivity (Wildman–Crippen MR) is 67.5 cm³/mol. The van der Waals surface area contributed by atoms with E-state index in [2.05, 4.69) is 30.1 Å². The van der Waals surface area contributed by atoms with Crippen LogP contribution in [0.15, 0.2) is 48.7 Å². The first-order chi connectivity index (χ1) is 8.33. The Morgan fingerprint density at radius 3 is 2.59 bits per heavy atom. The largest absolute Gasteiger partial charge is 0.261 e. The molecule has 0 saturated heterocycles. The number of hydrogen-bond acceptors (Lipinski definition) is 2. The van der Waals surface area contributed by atoms with Crippen molar-refractivity contribution in [3.8, 4) is 6.07 Å². The van der Waals surface area contributed by atoms with Gasteiger partial charge in [-0.15, -0.1) is 0 Å². The highest BCUT2D eigenvalue weighted by Gasteiger charge is 2.16. The highest BCUT2D eigenvalue weighted by atomic mass is 14.7. The van der Waals surface area contributed by atoms with Crippen molar-refractivity contribution in [2.45, 2.75) is 19.3 Å². The van der Waals surface area contributed by atoms with Gasteiger partial charge >= 0.3 is 0 Å². The highest BCUT2D eigenvalue weighted by Crippen LogP contribution is 2.28. The standard InChI is InChI=1S/C15H14N2/c1-12-6-2-3-7-13(12)14(9-10-16)15-8-4-5-11-17-15/h2-8,11,14H,9H2,1H3/t14-/m0/s1. The molecular formula is C15H14N2. The number of aromatic nitrogens is 1. The van der Waals surface area contributed by atoms with E-state index in [4.69, 9.17) is 5.26 Å². The fourth-order valence-corrected chi connectivity index (χ4v) is 2.02. The molecule has 0 N–H and O–H groups in total. The highest BCUT2D eigenvalue weighted by molar-refractivity contribution is 5.35. The topological polar surface area (TPSA) is 36.7 Å². The molecule has 0 aliphatic heterocycles. The van der Waals surface area contributed by atoms with E-state index in [9.17, 15) is 0 Å². The van der Waals surface area contributed by atoms with Gasteiger partial charge in [-0.05, 0) is 30.2 Å². The summed E-state index contributed by atoms with van der Waals surface area (Å²) in [6.07, 6.45) is 2.24. The van der Waals surface area contributed by atoms with E-state index in [-0.39, 0.29) is 5.92 Å². The number of nitrogens with zero attached hydrogens (tertiary/aromatic N) is 2. The van der Waals surface area contributed by atoms with Gasteiger partial charge < -0.3 is 0 Å². The molecule has 0 fully saturated rings. The smallest absolute Gasteiger partial charge is 0.0632 e. The number of nitriles is 1. The average Bonchev–Trinajstić information content (AvgIpc) is 2.38. The third-order valence-corrected chi connectivity index (χ3v) is 2.90. The van der Waals surface area contributed by atoms with E-state index in [1.807, 2.05) is 30.3 Å². The number of aryl methyl sites for hydroxylation is 1. The van der Waals surface area contributed by atoms with Crippen LogP contribution >= 0.6 is 0 Å². The van der Waals surface area contributed by atoms with Crippen molar-refractivity contribution >= 4 is 0 Å². The van der Waals surface area contributed by atoms with Crippen molar-refractivity contribution < 1.29 is 0 Å². The number of pyridine rings is 1. The number of benzene rings is 1. The summed E-state index contributed by atoms with van der Waals surface area (Å²) >= 11 is 0. The normalized spacial score (nSPS) is 11.8. The van der Waals surface area contributed by atoms with Crippen LogP contribution in [0.5, 0.6) is 0 Å². The van der Waals surface area contributed by atoms with Gasteiger partial charge in [0.1, 0.15) is 0 Å². The molecule has 2 aromatic rings. The first-order valence-electron chi connectivity index (χ1n) is 5.66. The molecule has 84 valence electrons. The van der Waals surface area contributed by atoms with Crippen molar-refractivity contribution in [2.24, 2.45) is 0 Å². The van der Waals surface area contributed by atoms with E-state index in [0.29, 0.717) is 6.42 Å². The Balaban J connectivity index is 2.44. The summed E-state index contributed by atoms with van der Waals surface area (Å²) < 4.78 is 0. The van der Waals surface area contributed by atoms with Crippen LogP contribution in [0.1, 0.15) is 29.2 Å². The van der Waals surface area contributed by atoms with Crippen LogP contribution in [0.25, 0.3) is 0 Å². The third kappa shape index (κ3) is 2.51. The van der Waals surface area contributed by atoms with Gasteiger partial charge in [-0.3, -0.25) is 4.98 Å². The average molecular weight is 222 g/mol. The van der Waals surface area contributed by atoms with Gasteiger partial charge in [0.25, 0.3) is 0 Å². The van der Waals surface area contributed by atoms with Crippen LogP contribution in [0, 0.1) is 18.3 Å². The monoisotopic (exact) mass is 222 g/mol. The third-order valence-electron chi connectivity index (χ3n) is 2.90. The van der Waals surface area contributed by atoms with Gasteiger partial charge in [0, 0.05) is 24.2 Å². The second kappa shape index (κ2) is 5.27. The van der Waals surface area contributed by atoms with E-state index in [1.54, 1.807) is 6.20 Å². The van der Waals surface area contributed by atoms with Gasteiger partial charge in [-0.1, -0.05) is 30.3 Å². The second-order valence-corrected chi connectivity index (χ2v) is 4.03. The van der Waals surface area contributed by atoms with Gasteiger partial charge in [0.2, 0.25) is 0 Å². The lowest BCUT2D eigenvalue weighted by Crippen LogP contribution is -2.04. The zero-order chi connectivity index (χ0) is 12.1. The lowest BCUT2D eigenvalue weighted by atomic mass is 9.89. The minimum absolute atomic E-state index is 0.0717. The maximum atomic E-state index is 8.97. The van der Waals surface area contributed by atoms with Crippen LogP contribution in [0.4, 0.5) is 0 Å². The SMILES string of the molecule is Cc1ccccc1[C@H](CC#N)c1ccccn1. The molecule has 0 aliphatic rings. The molecule has 1 atom stereocenters. The van der Waals surface area contributed by atoms with Crippen molar-refractivity contribution in [1.82, 2.24) is 4.98 Å². The molecule has 0 amide bonds. The van der Waals surface area contributed by atoms with Crippen molar-refractivity contribution in [1.29, 1.82) is 5.26 Å². The first-order valence-corrected chi connectivity index (χ1v) is 5.66. The minimum atomic E-state index is 0.0717. The Kier molecular flexibility index (Phi) is 3.52. The summed E-state index contributed by atoms with van der Waals surface area (Å²) in [7, 11) is 0. The molecule has 17 heavy (non-hydrogen) atoms. The fourth-order valence-electron chi connectivity index (χ4n) is 2.02. The Bertz CT molecular complexity index is 526. The molecule has 0 radical (unpaired) electrons. The molecule has 2 rings (SSSR count). The molecule has 0 unspecified atom stereocenters. The quantitative estimate of drug-likeness (QED) is 0.797. The Morgan fingerprint density at radius 1 is 1.18 bits per heavy atom. The molecule has 0 spiro atoms. The van der Waals surface area contributed by atoms with Crippen molar-refractivity contribution in [3.05, 3.63) is 65.5 Å². The summed E-state index contributed by atoms with van der Waals surface area (Å²) in [5, 5.41) is 8.97. The molecule has 0 bridgehead atoms. The maximum Gasteiger partial charge on any atom is 0.0632 e. The zero-order valence-electron chi connectivity index (χ0n) is 9.80. The van der Waals surface area contributed by atoms with Gasteiger partial charge in [-0.2, -0.15) is 5.26 Å². The van der Waals surface area contributed by atoms with E-state index < -0.39 is 0 Å². The summed E-state index contributed by atoms with van der Waals surface area (Å²) in [5.74, 6) is 0.0717. The molecule has 1 heterocycles. The maximum absolute atomic E-state index is 8.97. The predicted octanol–water partition coefficient (Wildman–Crippen LogP) is 3.44. The van der Waals surface area contributed by atoms with Crippen molar-refractivity contribution in [3.63, 3.8) is 0 Å². The van der Waals surface area contributed by atoms with Crippen LogP contribution < -0.4 is 0 Å². The zero-order valence-corrected chi connectivity index (χ0v) is 9.80. The van der Waals surface area contributed by atoms with Crippen LogP contribution in [-0.4, -0.2) is 4.98 Å². The lowest BCUT2D eigenvalue weighted by Gasteiger charge is -2.15. The van der Waals surface area contributed by atoms with E-state index in [0.717, 1.165) is 5.69 Å². The Hall–Kier alpha value is -2.14. The van der Waals surface area contributed by atoms with Crippen LogP contribution in [0.2, 0.25) is 0 Å². The van der Waals surface area contributed by atoms with E-state index in [1.165, 1.54) is 11.1 Å². The van der Waals surface area contributed by atoms with Gasteiger partial charge in [0.15, 0.2) is 0 Å². The Morgan fingerprint density at radius 2 is 1.94 bits per heavy atom. The molecule has 0 aliphatic carbocycles. The summed E-state index contributed by atoms with van der Waals surface area (Å²) in [4.78, 5) is 4.36. The number of rotatable bonds is 3. The molecule has 0 saturated carbocycles. The molecule has 1 aromatic carbocycles. The summed E-state index contributed by atoms with van der Waals surface area (Å²) in [6.45, 7) is 2.07. The van der Waals surface area contributed by atoms with Gasteiger partial charge in [-0.25, -0.2) is 0 Å². The van der Waals surface area contributed by atoms with Crippen LogP contribution in [0.3, 0.4) is 0 Å². The fraction of sp³-hybridized carbons (Fsp3) is 0.200. The van der Waals surface area contributed by atoms with Crippen molar-refractivity contribution in [2.75, 3.05) is 0 Å². The molecule has 2 heteroatoms. The first kappa shape index (κ1) is 11.3. The second-order valence-electron chi connectivity index (χ2n) is 4.03. The molecule has 2 nitrogen and oxygen atoms in total. The summed E-state index contributed by atoms with van der Waals surface area (Å²) in [5.41, 5.74) is 3.36. The molecule has 1 aromatic heterocycles. The minimum Gasteiger partial charge on any atom is -0.261 e. The lowest BCUT2D eigenvalue weighted by molar-refractivity contribution is 0.795. The van der Waals surface area contributed by atoms with E-state index >= 15 is 0 Å². The van der Waals surface area contributed by atoms with Gasteiger partial charge in [0.05, 0.1) is 6.07 Å². The summed E-state index contributed by atoms with van der Waals surface area (Å²) in [6, 6.07) is 16.3. The Labute approximate surface area is 102 Å². The number of hydrogen-bond donors (Lipinski definition) is 0. The van der Waals surface area contributed by atoms with Crippen LogP contribution in [-0.2, 0) is 0 Å². The molecular weight excluding hydrogens is 208 g/mol.